The Morgan fingerprint density at radius 1 is 1.27 bits per heavy atom. The quantitative estimate of drug-likeness (QED) is 0.640. The zero-order valence-corrected chi connectivity index (χ0v) is 16.5. The summed E-state index contributed by atoms with van der Waals surface area (Å²) >= 11 is 1.49. The van der Waals surface area contributed by atoms with Gasteiger partial charge >= 0.3 is 0 Å². The number of methoxy groups -OCH3 is 2. The molecule has 2 aromatic rings. The summed E-state index contributed by atoms with van der Waals surface area (Å²) in [6.45, 7) is 4.35. The first-order valence-corrected chi connectivity index (χ1v) is 9.68. The Morgan fingerprint density at radius 2 is 1.96 bits per heavy atom. The third-order valence-electron chi connectivity index (χ3n) is 3.97. The van der Waals surface area contributed by atoms with Crippen molar-refractivity contribution in [3.05, 3.63) is 41.3 Å². The summed E-state index contributed by atoms with van der Waals surface area (Å²) in [5.74, 6) is 2.30. The second-order valence-electron chi connectivity index (χ2n) is 5.77. The van der Waals surface area contributed by atoms with Crippen LogP contribution >= 0.6 is 11.8 Å². The van der Waals surface area contributed by atoms with Crippen molar-refractivity contribution < 1.29 is 18.7 Å². The summed E-state index contributed by atoms with van der Waals surface area (Å²) in [6.07, 6.45) is 0.577. The highest BCUT2D eigenvalue weighted by Crippen LogP contribution is 2.24. The highest BCUT2D eigenvalue weighted by atomic mass is 32.2. The number of benzene rings is 1. The fourth-order valence-electron chi connectivity index (χ4n) is 2.32. The second-order valence-corrected chi connectivity index (χ2v) is 6.76. The zero-order valence-electron chi connectivity index (χ0n) is 15.7. The second kappa shape index (κ2) is 10.4. The average molecular weight is 378 g/mol. The Balaban J connectivity index is 1.84. The van der Waals surface area contributed by atoms with Crippen LogP contribution in [0.1, 0.15) is 23.9 Å². The molecule has 1 amide bonds. The molecule has 1 aromatic carbocycles. The predicted octanol–water partition coefficient (Wildman–Crippen LogP) is 3.18. The molecule has 0 saturated carbocycles. The predicted molar refractivity (Wildman–Crippen MR) is 103 cm³/mol. The normalized spacial score (nSPS) is 11.1. The molecule has 1 N–H and O–H groups in total. The van der Waals surface area contributed by atoms with Crippen molar-refractivity contribution in [3.63, 3.8) is 0 Å². The third kappa shape index (κ3) is 5.86. The molecule has 0 unspecified atom stereocenters. The van der Waals surface area contributed by atoms with Gasteiger partial charge in [0.15, 0.2) is 6.29 Å². The number of carbonyl (C=O) groups excluding carboxylic acids is 1. The maximum absolute atomic E-state index is 11.9. The van der Waals surface area contributed by atoms with Gasteiger partial charge in [0.1, 0.15) is 5.76 Å². The standard InChI is InChI=1S/C19H26N2O4S/c1-5-14-6-8-15(9-7-14)19-21-16(13(2)25-19)11-26-12-17(22)20-10-18(23-3)24-4/h6-9,18H,5,10-12H2,1-4H3,(H,20,22). The maximum Gasteiger partial charge on any atom is 0.230 e. The fourth-order valence-corrected chi connectivity index (χ4v) is 3.17. The van der Waals surface area contributed by atoms with E-state index in [9.17, 15) is 4.79 Å². The van der Waals surface area contributed by atoms with Gasteiger partial charge in [-0.2, -0.15) is 0 Å². The van der Waals surface area contributed by atoms with E-state index in [1.165, 1.54) is 31.5 Å². The van der Waals surface area contributed by atoms with Crippen molar-refractivity contribution in [1.82, 2.24) is 10.3 Å². The molecule has 0 atom stereocenters. The first-order valence-electron chi connectivity index (χ1n) is 8.53. The van der Waals surface area contributed by atoms with E-state index in [0.29, 0.717) is 23.9 Å². The van der Waals surface area contributed by atoms with E-state index in [4.69, 9.17) is 13.9 Å². The molecule has 1 aromatic heterocycles. The van der Waals surface area contributed by atoms with Crippen LogP contribution < -0.4 is 5.32 Å². The van der Waals surface area contributed by atoms with Crippen molar-refractivity contribution in [2.75, 3.05) is 26.5 Å². The van der Waals surface area contributed by atoms with E-state index in [1.54, 1.807) is 0 Å². The van der Waals surface area contributed by atoms with Crippen molar-refractivity contribution in [3.8, 4) is 11.5 Å². The van der Waals surface area contributed by atoms with Crippen LogP contribution in [0.15, 0.2) is 28.7 Å². The maximum atomic E-state index is 11.9. The Labute approximate surface area is 158 Å². The van der Waals surface area contributed by atoms with E-state index in [0.717, 1.165) is 23.4 Å². The molecule has 0 fully saturated rings. The third-order valence-corrected chi connectivity index (χ3v) is 4.91. The monoisotopic (exact) mass is 378 g/mol. The van der Waals surface area contributed by atoms with Gasteiger partial charge < -0.3 is 19.2 Å². The molecule has 0 aliphatic heterocycles. The first-order chi connectivity index (χ1) is 12.6. The van der Waals surface area contributed by atoms with Crippen molar-refractivity contribution in [2.24, 2.45) is 0 Å². The number of aryl methyl sites for hydroxylation is 2. The summed E-state index contributed by atoms with van der Waals surface area (Å²) in [7, 11) is 3.08. The number of amides is 1. The summed E-state index contributed by atoms with van der Waals surface area (Å²) in [5.41, 5.74) is 3.11. The Bertz CT molecular complexity index is 696. The van der Waals surface area contributed by atoms with Gasteiger partial charge in [-0.1, -0.05) is 19.1 Å². The minimum atomic E-state index is -0.427. The molecular weight excluding hydrogens is 352 g/mol. The number of hydrogen-bond donors (Lipinski definition) is 1. The summed E-state index contributed by atoms with van der Waals surface area (Å²) < 4.78 is 15.8. The van der Waals surface area contributed by atoms with Gasteiger partial charge in [0, 0.05) is 25.5 Å². The van der Waals surface area contributed by atoms with E-state index < -0.39 is 6.29 Å². The molecule has 0 aliphatic carbocycles. The molecule has 1 heterocycles. The van der Waals surface area contributed by atoms with E-state index in [-0.39, 0.29) is 5.91 Å². The van der Waals surface area contributed by atoms with Crippen LogP contribution in [0.2, 0.25) is 0 Å². The molecule has 0 radical (unpaired) electrons. The van der Waals surface area contributed by atoms with Gasteiger partial charge in [-0.15, -0.1) is 11.8 Å². The Morgan fingerprint density at radius 3 is 2.58 bits per heavy atom. The van der Waals surface area contributed by atoms with Gasteiger partial charge in [0.25, 0.3) is 0 Å². The van der Waals surface area contributed by atoms with E-state index in [1.807, 2.05) is 19.1 Å². The molecular formula is C19H26N2O4S. The number of nitrogens with zero attached hydrogens (tertiary/aromatic N) is 1. The van der Waals surface area contributed by atoms with Crippen molar-refractivity contribution in [2.45, 2.75) is 32.3 Å². The van der Waals surface area contributed by atoms with Gasteiger partial charge in [-0.25, -0.2) is 4.98 Å². The number of hydrogen-bond acceptors (Lipinski definition) is 6. The lowest BCUT2D eigenvalue weighted by molar-refractivity contribution is -0.125. The number of carbonyl (C=O) groups is 1. The van der Waals surface area contributed by atoms with Crippen LogP contribution in [-0.4, -0.2) is 43.7 Å². The lowest BCUT2D eigenvalue weighted by Crippen LogP contribution is -2.35. The lowest BCUT2D eigenvalue weighted by Gasteiger charge is -2.13. The largest absolute Gasteiger partial charge is 0.441 e. The van der Waals surface area contributed by atoms with Gasteiger partial charge in [-0.3, -0.25) is 4.79 Å². The Kier molecular flexibility index (Phi) is 8.15. The molecule has 0 aliphatic rings. The summed E-state index contributed by atoms with van der Waals surface area (Å²) in [4.78, 5) is 16.4. The molecule has 26 heavy (non-hydrogen) atoms. The lowest BCUT2D eigenvalue weighted by atomic mass is 10.1. The Hall–Kier alpha value is -1.83. The minimum Gasteiger partial charge on any atom is -0.441 e. The highest BCUT2D eigenvalue weighted by molar-refractivity contribution is 7.99. The summed E-state index contributed by atoms with van der Waals surface area (Å²) in [6, 6.07) is 8.22. The molecule has 0 bridgehead atoms. The number of nitrogens with one attached hydrogen (secondary N) is 1. The molecule has 0 saturated heterocycles. The van der Waals surface area contributed by atoms with Crippen LogP contribution in [0.3, 0.4) is 0 Å². The first kappa shape index (κ1) is 20.5. The minimum absolute atomic E-state index is 0.0642. The number of ether oxygens (including phenoxy) is 2. The molecule has 2 rings (SSSR count). The van der Waals surface area contributed by atoms with Gasteiger partial charge in [0.05, 0.1) is 18.0 Å². The van der Waals surface area contributed by atoms with Crippen LogP contribution in [0, 0.1) is 6.92 Å². The van der Waals surface area contributed by atoms with Crippen LogP contribution in [0.25, 0.3) is 11.5 Å². The smallest absolute Gasteiger partial charge is 0.230 e. The van der Waals surface area contributed by atoms with Gasteiger partial charge in [-0.05, 0) is 31.0 Å². The van der Waals surface area contributed by atoms with E-state index >= 15 is 0 Å². The number of thioether (sulfide) groups is 1. The molecule has 142 valence electrons. The SMILES string of the molecule is CCc1ccc(-c2nc(CSCC(=O)NCC(OC)OC)c(C)o2)cc1. The average Bonchev–Trinajstić information content (AvgIpc) is 3.03. The van der Waals surface area contributed by atoms with Crippen molar-refractivity contribution in [1.29, 1.82) is 0 Å². The van der Waals surface area contributed by atoms with Crippen LogP contribution in [0.5, 0.6) is 0 Å². The fraction of sp³-hybridized carbons (Fsp3) is 0.474. The molecule has 7 heteroatoms. The zero-order chi connectivity index (χ0) is 18.9. The highest BCUT2D eigenvalue weighted by Gasteiger charge is 2.13. The van der Waals surface area contributed by atoms with Crippen LogP contribution in [-0.2, 0) is 26.4 Å². The van der Waals surface area contributed by atoms with Gasteiger partial charge in [0.2, 0.25) is 11.8 Å². The topological polar surface area (TPSA) is 73.6 Å². The summed E-state index contributed by atoms with van der Waals surface area (Å²) in [5, 5.41) is 2.77. The molecule has 0 spiro atoms. The number of oxazole rings is 1. The number of aromatic nitrogens is 1. The number of rotatable bonds is 10. The molecule has 6 nitrogen and oxygen atoms in total. The van der Waals surface area contributed by atoms with Crippen LogP contribution in [0.4, 0.5) is 0 Å². The van der Waals surface area contributed by atoms with Crippen molar-refractivity contribution >= 4 is 17.7 Å². The van der Waals surface area contributed by atoms with E-state index in [2.05, 4.69) is 29.4 Å².